The fraction of sp³-hybridized carbons (Fsp3) is 0.444. The maximum atomic E-state index is 12.2. The lowest BCUT2D eigenvalue weighted by Gasteiger charge is -2.28. The molecule has 1 aliphatic heterocycles. The summed E-state index contributed by atoms with van der Waals surface area (Å²) in [5, 5.41) is 6.41. The van der Waals surface area contributed by atoms with Crippen LogP contribution in [0.2, 0.25) is 0 Å². The Morgan fingerprint density at radius 2 is 2.08 bits per heavy atom. The number of hydrogen-bond donors (Lipinski definition) is 3. The lowest BCUT2D eigenvalue weighted by atomic mass is 9.85. The predicted octanol–water partition coefficient (Wildman–Crippen LogP) is 3.88. The van der Waals surface area contributed by atoms with E-state index in [2.05, 4.69) is 27.5 Å². The van der Waals surface area contributed by atoms with Crippen molar-refractivity contribution in [1.29, 1.82) is 0 Å². The lowest BCUT2D eigenvalue weighted by molar-refractivity contribution is -0.117. The van der Waals surface area contributed by atoms with Gasteiger partial charge in [-0.15, -0.1) is 24.8 Å². The van der Waals surface area contributed by atoms with Crippen LogP contribution in [0.4, 0.5) is 5.69 Å². The minimum absolute atomic E-state index is 0. The number of H-pyrrole nitrogens is 1. The first kappa shape index (κ1) is 21.5. The number of anilines is 1. The molecule has 1 aromatic carbocycles. The van der Waals surface area contributed by atoms with Gasteiger partial charge in [-0.3, -0.25) is 4.79 Å². The zero-order chi connectivity index (χ0) is 16.1. The van der Waals surface area contributed by atoms with E-state index in [-0.39, 0.29) is 30.7 Å². The molecule has 3 N–H and O–H groups in total. The fourth-order valence-electron chi connectivity index (χ4n) is 3.17. The van der Waals surface area contributed by atoms with Gasteiger partial charge in [0.05, 0.1) is 0 Å². The number of rotatable bonds is 5. The molecule has 2 aromatic rings. The van der Waals surface area contributed by atoms with Crippen molar-refractivity contribution in [2.45, 2.75) is 26.2 Å². The van der Waals surface area contributed by atoms with E-state index in [1.807, 2.05) is 24.3 Å². The Morgan fingerprint density at radius 3 is 2.68 bits per heavy atom. The van der Waals surface area contributed by atoms with Gasteiger partial charge in [0.1, 0.15) is 5.82 Å². The van der Waals surface area contributed by atoms with E-state index >= 15 is 0 Å². The summed E-state index contributed by atoms with van der Waals surface area (Å²) in [6, 6.07) is 7.76. The van der Waals surface area contributed by atoms with Crippen LogP contribution in [0, 0.1) is 11.8 Å². The van der Waals surface area contributed by atoms with Gasteiger partial charge in [0.25, 0.3) is 0 Å². The second kappa shape index (κ2) is 10.4. The van der Waals surface area contributed by atoms with E-state index in [0.717, 1.165) is 30.2 Å². The summed E-state index contributed by atoms with van der Waals surface area (Å²) >= 11 is 0. The summed E-state index contributed by atoms with van der Waals surface area (Å²) < 4.78 is 0. The first-order valence-corrected chi connectivity index (χ1v) is 8.33. The van der Waals surface area contributed by atoms with Crippen molar-refractivity contribution >= 4 is 36.4 Å². The highest BCUT2D eigenvalue weighted by Gasteiger charge is 2.22. The zero-order valence-corrected chi connectivity index (χ0v) is 16.0. The van der Waals surface area contributed by atoms with E-state index < -0.39 is 0 Å². The average Bonchev–Trinajstić information content (AvgIpc) is 3.11. The quantitative estimate of drug-likeness (QED) is 0.732. The number of nitrogens with one attached hydrogen (secondary N) is 3. The summed E-state index contributed by atoms with van der Waals surface area (Å²) in [4.78, 5) is 19.5. The zero-order valence-electron chi connectivity index (χ0n) is 14.3. The van der Waals surface area contributed by atoms with Crippen molar-refractivity contribution in [3.63, 3.8) is 0 Å². The molecule has 0 saturated carbocycles. The molecule has 1 saturated heterocycles. The van der Waals surface area contributed by atoms with Crippen molar-refractivity contribution in [3.05, 3.63) is 36.7 Å². The van der Waals surface area contributed by atoms with E-state index in [0.29, 0.717) is 18.3 Å². The lowest BCUT2D eigenvalue weighted by Crippen LogP contribution is -2.34. The van der Waals surface area contributed by atoms with E-state index in [4.69, 9.17) is 0 Å². The van der Waals surface area contributed by atoms with Gasteiger partial charge in [-0.25, -0.2) is 4.98 Å². The van der Waals surface area contributed by atoms with Gasteiger partial charge >= 0.3 is 0 Å². The van der Waals surface area contributed by atoms with Crippen LogP contribution in [-0.4, -0.2) is 29.0 Å². The Balaban J connectivity index is 0.00000156. The minimum atomic E-state index is 0. The number of imidazole rings is 1. The number of benzene rings is 1. The molecule has 2 unspecified atom stereocenters. The number of halogens is 2. The molecule has 25 heavy (non-hydrogen) atoms. The summed E-state index contributed by atoms with van der Waals surface area (Å²) in [6.07, 6.45) is 6.54. The number of hydrogen-bond acceptors (Lipinski definition) is 3. The minimum Gasteiger partial charge on any atom is -0.345 e. The third kappa shape index (κ3) is 6.03. The smallest absolute Gasteiger partial charge is 0.224 e. The van der Waals surface area contributed by atoms with E-state index in [9.17, 15) is 4.79 Å². The standard InChI is InChI=1S/C18H24N4O.2ClH/c1-13(15-3-2-8-19-12-15)11-17(23)22-16-6-4-14(5-7-16)18-20-9-10-21-18;;/h4-7,9-10,13,15,19H,2-3,8,11-12H2,1H3,(H,20,21)(H,22,23);2*1H. The number of aromatic amines is 1. The van der Waals surface area contributed by atoms with Crippen molar-refractivity contribution in [1.82, 2.24) is 15.3 Å². The number of amides is 1. The second-order valence-corrected chi connectivity index (χ2v) is 6.35. The van der Waals surface area contributed by atoms with Crippen LogP contribution in [0.3, 0.4) is 0 Å². The highest BCUT2D eigenvalue weighted by atomic mass is 35.5. The summed E-state index contributed by atoms with van der Waals surface area (Å²) in [7, 11) is 0. The Bertz CT molecular complexity index is 625. The van der Waals surface area contributed by atoms with Crippen LogP contribution >= 0.6 is 24.8 Å². The summed E-state index contributed by atoms with van der Waals surface area (Å²) in [6.45, 7) is 4.32. The van der Waals surface area contributed by atoms with E-state index in [1.54, 1.807) is 12.4 Å². The molecule has 0 bridgehead atoms. The van der Waals surface area contributed by atoms with Gasteiger partial charge in [0.2, 0.25) is 5.91 Å². The van der Waals surface area contributed by atoms with Crippen LogP contribution < -0.4 is 10.6 Å². The maximum Gasteiger partial charge on any atom is 0.224 e. The van der Waals surface area contributed by atoms with Crippen LogP contribution in [0.5, 0.6) is 0 Å². The van der Waals surface area contributed by atoms with Gasteiger partial charge < -0.3 is 15.6 Å². The fourth-order valence-corrected chi connectivity index (χ4v) is 3.17. The number of carbonyl (C=O) groups is 1. The van der Waals surface area contributed by atoms with Crippen molar-refractivity contribution in [3.8, 4) is 11.4 Å². The highest BCUT2D eigenvalue weighted by Crippen LogP contribution is 2.23. The van der Waals surface area contributed by atoms with Crippen molar-refractivity contribution in [2.24, 2.45) is 11.8 Å². The van der Waals surface area contributed by atoms with Crippen LogP contribution in [-0.2, 0) is 4.79 Å². The molecule has 1 aromatic heterocycles. The average molecular weight is 385 g/mol. The normalized spacial score (nSPS) is 17.7. The molecule has 2 heterocycles. The number of piperidine rings is 1. The first-order chi connectivity index (χ1) is 11.2. The highest BCUT2D eigenvalue weighted by molar-refractivity contribution is 5.91. The first-order valence-electron chi connectivity index (χ1n) is 8.33. The molecule has 2 atom stereocenters. The van der Waals surface area contributed by atoms with Crippen LogP contribution in [0.25, 0.3) is 11.4 Å². The molecule has 0 aliphatic carbocycles. The SMILES string of the molecule is CC(CC(=O)Nc1ccc(-c2ncc[nH]2)cc1)C1CCCNC1.Cl.Cl. The predicted molar refractivity (Wildman–Crippen MR) is 107 cm³/mol. The molecule has 5 nitrogen and oxygen atoms in total. The molecule has 0 spiro atoms. The topological polar surface area (TPSA) is 69.8 Å². The maximum absolute atomic E-state index is 12.2. The molecule has 1 aliphatic rings. The van der Waals surface area contributed by atoms with E-state index in [1.165, 1.54) is 12.8 Å². The molecular weight excluding hydrogens is 359 g/mol. The largest absolute Gasteiger partial charge is 0.345 e. The Morgan fingerprint density at radius 1 is 1.32 bits per heavy atom. The summed E-state index contributed by atoms with van der Waals surface area (Å²) in [5.74, 6) is 1.94. The Kier molecular flexibility index (Phi) is 8.97. The van der Waals surface area contributed by atoms with Gasteiger partial charge in [-0.1, -0.05) is 6.92 Å². The van der Waals surface area contributed by atoms with Gasteiger partial charge in [-0.05, 0) is 62.0 Å². The molecular formula is C18H26Cl2N4O. The van der Waals surface area contributed by atoms with Gasteiger partial charge in [0.15, 0.2) is 0 Å². The molecule has 7 heteroatoms. The monoisotopic (exact) mass is 384 g/mol. The van der Waals surface area contributed by atoms with Crippen molar-refractivity contribution in [2.75, 3.05) is 18.4 Å². The second-order valence-electron chi connectivity index (χ2n) is 6.35. The van der Waals surface area contributed by atoms with Gasteiger partial charge in [-0.2, -0.15) is 0 Å². The van der Waals surface area contributed by atoms with Gasteiger partial charge in [0, 0.05) is 30.1 Å². The number of aromatic nitrogens is 2. The Hall–Kier alpha value is -1.56. The van der Waals surface area contributed by atoms with Crippen LogP contribution in [0.15, 0.2) is 36.7 Å². The number of nitrogens with zero attached hydrogens (tertiary/aromatic N) is 1. The van der Waals surface area contributed by atoms with Crippen molar-refractivity contribution < 1.29 is 4.79 Å². The third-order valence-electron chi connectivity index (χ3n) is 4.59. The molecule has 138 valence electrons. The van der Waals surface area contributed by atoms with Crippen LogP contribution in [0.1, 0.15) is 26.2 Å². The third-order valence-corrected chi connectivity index (χ3v) is 4.59. The molecule has 1 amide bonds. The summed E-state index contributed by atoms with van der Waals surface area (Å²) in [5.41, 5.74) is 1.84. The number of carbonyl (C=O) groups excluding carboxylic acids is 1. The molecule has 1 fully saturated rings. The molecule has 0 radical (unpaired) electrons. The molecule has 3 rings (SSSR count). The Labute approximate surface area is 161 Å².